The van der Waals surface area contributed by atoms with E-state index in [1.165, 1.54) is 12.0 Å². The molecule has 0 bridgehead atoms. The Labute approximate surface area is 158 Å². The smallest absolute Gasteiger partial charge is 0.309 e. The van der Waals surface area contributed by atoms with Gasteiger partial charge in [0, 0.05) is 0 Å². The molecule has 1 aliphatic rings. The lowest BCUT2D eigenvalue weighted by Crippen LogP contribution is -2.24. The summed E-state index contributed by atoms with van der Waals surface area (Å²) < 4.78 is 16.7. The van der Waals surface area contributed by atoms with Crippen LogP contribution in [0.25, 0.3) is 0 Å². The van der Waals surface area contributed by atoms with E-state index in [1.807, 2.05) is 19.1 Å². The number of benzene rings is 1. The lowest BCUT2D eigenvalue weighted by Gasteiger charge is -2.20. The van der Waals surface area contributed by atoms with E-state index < -0.39 is 0 Å². The number of hydrogen-bond donors (Lipinski definition) is 0. The van der Waals surface area contributed by atoms with Crippen molar-refractivity contribution in [3.63, 3.8) is 0 Å². The number of ether oxygens (including phenoxy) is 3. The molecular formula is C22H34O4. The predicted octanol–water partition coefficient (Wildman–Crippen LogP) is 5.31. The van der Waals surface area contributed by atoms with Crippen LogP contribution in [0, 0.1) is 11.8 Å². The molecule has 1 aromatic rings. The van der Waals surface area contributed by atoms with Crippen LogP contribution in [0.5, 0.6) is 5.75 Å². The Kier molecular flexibility index (Phi) is 8.43. The summed E-state index contributed by atoms with van der Waals surface area (Å²) in [5, 5.41) is 0. The summed E-state index contributed by atoms with van der Waals surface area (Å²) in [6, 6.07) is 8.19. The Morgan fingerprint density at radius 1 is 1.00 bits per heavy atom. The number of carbonyl (C=O) groups is 1. The highest BCUT2D eigenvalue weighted by molar-refractivity contribution is 5.72. The van der Waals surface area contributed by atoms with Gasteiger partial charge >= 0.3 is 5.97 Å². The van der Waals surface area contributed by atoms with Crippen LogP contribution in [-0.4, -0.2) is 25.5 Å². The summed E-state index contributed by atoms with van der Waals surface area (Å²) in [7, 11) is 0. The third kappa shape index (κ3) is 6.64. The molecule has 0 N–H and O–H groups in total. The Bertz CT molecular complexity index is 532. The monoisotopic (exact) mass is 362 g/mol. The molecule has 0 aliphatic heterocycles. The third-order valence-corrected chi connectivity index (χ3v) is 5.33. The molecule has 2 unspecified atom stereocenters. The number of hydrogen-bond acceptors (Lipinski definition) is 4. The Balaban J connectivity index is 1.65. The first kappa shape index (κ1) is 20.8. The van der Waals surface area contributed by atoms with Crippen molar-refractivity contribution >= 4 is 5.97 Å². The zero-order valence-electron chi connectivity index (χ0n) is 16.7. The minimum atomic E-state index is -0.378. The van der Waals surface area contributed by atoms with Gasteiger partial charge in [-0.1, -0.05) is 52.2 Å². The Morgan fingerprint density at radius 2 is 1.65 bits per heavy atom. The van der Waals surface area contributed by atoms with Gasteiger partial charge in [-0.25, -0.2) is 0 Å². The second-order valence-electron chi connectivity index (χ2n) is 7.66. The first-order valence-electron chi connectivity index (χ1n) is 10.0. The molecule has 1 saturated carbocycles. The SMILES string of the molecule is CC(OCCOC(=O)C1CCCCC1)Oc1ccc(C(C)C(C)C)cc1. The van der Waals surface area contributed by atoms with Crippen molar-refractivity contribution in [3.8, 4) is 5.75 Å². The summed E-state index contributed by atoms with van der Waals surface area (Å²) in [4.78, 5) is 12.0. The molecular weight excluding hydrogens is 328 g/mol. The Morgan fingerprint density at radius 3 is 2.27 bits per heavy atom. The molecule has 26 heavy (non-hydrogen) atoms. The van der Waals surface area contributed by atoms with E-state index in [0.29, 0.717) is 18.4 Å². The molecule has 2 atom stereocenters. The van der Waals surface area contributed by atoms with Crippen molar-refractivity contribution in [2.24, 2.45) is 11.8 Å². The van der Waals surface area contributed by atoms with Crippen LogP contribution < -0.4 is 4.74 Å². The molecule has 1 aliphatic carbocycles. The van der Waals surface area contributed by atoms with E-state index in [4.69, 9.17) is 14.2 Å². The van der Waals surface area contributed by atoms with Crippen LogP contribution >= 0.6 is 0 Å². The highest BCUT2D eigenvalue weighted by Gasteiger charge is 2.22. The zero-order chi connectivity index (χ0) is 18.9. The molecule has 1 aromatic carbocycles. The predicted molar refractivity (Wildman–Crippen MR) is 103 cm³/mol. The van der Waals surface area contributed by atoms with Gasteiger partial charge in [0.2, 0.25) is 0 Å². The van der Waals surface area contributed by atoms with Crippen LogP contribution in [0.1, 0.15) is 71.3 Å². The average Bonchev–Trinajstić information content (AvgIpc) is 2.65. The van der Waals surface area contributed by atoms with Gasteiger partial charge in [-0.15, -0.1) is 0 Å². The molecule has 0 saturated heterocycles. The fraction of sp³-hybridized carbons (Fsp3) is 0.682. The van der Waals surface area contributed by atoms with Crippen molar-refractivity contribution in [3.05, 3.63) is 29.8 Å². The maximum absolute atomic E-state index is 12.0. The quantitative estimate of drug-likeness (QED) is 0.339. The molecule has 2 rings (SSSR count). The molecule has 4 nitrogen and oxygen atoms in total. The van der Waals surface area contributed by atoms with E-state index in [0.717, 1.165) is 31.4 Å². The van der Waals surface area contributed by atoms with Crippen LogP contribution in [0.3, 0.4) is 0 Å². The fourth-order valence-corrected chi connectivity index (χ4v) is 3.27. The summed E-state index contributed by atoms with van der Waals surface area (Å²) in [5.74, 6) is 1.94. The summed E-state index contributed by atoms with van der Waals surface area (Å²) in [6.45, 7) is 9.18. The van der Waals surface area contributed by atoms with Crippen molar-refractivity contribution in [2.75, 3.05) is 13.2 Å². The standard InChI is InChI=1S/C22H34O4/c1-16(2)17(3)19-10-12-21(13-11-19)26-18(4)24-14-15-25-22(23)20-8-6-5-7-9-20/h10-13,16-18,20H,5-9,14-15H2,1-4H3. The van der Waals surface area contributed by atoms with Gasteiger partial charge in [0.15, 0.2) is 6.29 Å². The van der Waals surface area contributed by atoms with E-state index >= 15 is 0 Å². The molecule has 0 heterocycles. The van der Waals surface area contributed by atoms with E-state index in [-0.39, 0.29) is 24.8 Å². The van der Waals surface area contributed by atoms with Crippen molar-refractivity contribution in [1.29, 1.82) is 0 Å². The molecule has 1 fully saturated rings. The second kappa shape index (κ2) is 10.6. The van der Waals surface area contributed by atoms with Crippen molar-refractivity contribution in [1.82, 2.24) is 0 Å². The normalized spacial score (nSPS) is 17.7. The summed E-state index contributed by atoms with van der Waals surface area (Å²) in [6.07, 6.45) is 5.05. The van der Waals surface area contributed by atoms with Crippen molar-refractivity contribution in [2.45, 2.75) is 72.0 Å². The maximum atomic E-state index is 12.0. The van der Waals surface area contributed by atoms with Crippen LogP contribution in [0.2, 0.25) is 0 Å². The van der Waals surface area contributed by atoms with E-state index in [9.17, 15) is 4.79 Å². The lowest BCUT2D eigenvalue weighted by molar-refractivity contribution is -0.154. The first-order chi connectivity index (χ1) is 12.5. The lowest BCUT2D eigenvalue weighted by atomic mass is 9.89. The molecule has 0 amide bonds. The maximum Gasteiger partial charge on any atom is 0.309 e. The van der Waals surface area contributed by atoms with Gasteiger partial charge in [0.05, 0.1) is 12.5 Å². The van der Waals surface area contributed by atoms with E-state index in [1.54, 1.807) is 0 Å². The van der Waals surface area contributed by atoms with Gasteiger partial charge in [-0.2, -0.15) is 0 Å². The fourth-order valence-electron chi connectivity index (χ4n) is 3.27. The highest BCUT2D eigenvalue weighted by atomic mass is 16.7. The third-order valence-electron chi connectivity index (χ3n) is 5.33. The molecule has 146 valence electrons. The molecule has 0 aromatic heterocycles. The molecule has 0 radical (unpaired) electrons. The van der Waals surface area contributed by atoms with Crippen LogP contribution in [0.15, 0.2) is 24.3 Å². The molecule has 4 heteroatoms. The van der Waals surface area contributed by atoms with Gasteiger partial charge in [-0.05, 0) is 49.3 Å². The minimum absolute atomic E-state index is 0.0725. The second-order valence-corrected chi connectivity index (χ2v) is 7.66. The van der Waals surface area contributed by atoms with Crippen molar-refractivity contribution < 1.29 is 19.0 Å². The minimum Gasteiger partial charge on any atom is -0.465 e. The summed E-state index contributed by atoms with van der Waals surface area (Å²) in [5.41, 5.74) is 1.32. The van der Waals surface area contributed by atoms with Gasteiger partial charge in [-0.3, -0.25) is 4.79 Å². The van der Waals surface area contributed by atoms with Crippen LogP contribution in [0.4, 0.5) is 0 Å². The molecule has 0 spiro atoms. The highest BCUT2D eigenvalue weighted by Crippen LogP contribution is 2.26. The first-order valence-corrected chi connectivity index (χ1v) is 10.0. The largest absolute Gasteiger partial charge is 0.465 e. The van der Waals surface area contributed by atoms with Gasteiger partial charge < -0.3 is 14.2 Å². The van der Waals surface area contributed by atoms with Gasteiger partial charge in [0.25, 0.3) is 0 Å². The Hall–Kier alpha value is -1.55. The van der Waals surface area contributed by atoms with Crippen LogP contribution in [-0.2, 0) is 14.3 Å². The summed E-state index contributed by atoms with van der Waals surface area (Å²) >= 11 is 0. The average molecular weight is 363 g/mol. The van der Waals surface area contributed by atoms with Gasteiger partial charge in [0.1, 0.15) is 12.4 Å². The number of rotatable bonds is 9. The number of carbonyl (C=O) groups excluding carboxylic acids is 1. The zero-order valence-corrected chi connectivity index (χ0v) is 16.7. The topological polar surface area (TPSA) is 44.8 Å². The number of esters is 1. The van der Waals surface area contributed by atoms with E-state index in [2.05, 4.69) is 32.9 Å².